The van der Waals surface area contributed by atoms with E-state index in [4.69, 9.17) is 0 Å². The summed E-state index contributed by atoms with van der Waals surface area (Å²) in [7, 11) is 0. The summed E-state index contributed by atoms with van der Waals surface area (Å²) >= 11 is 3.06. The number of rotatable bonds is 8. The second-order valence-electron chi connectivity index (χ2n) is 6.02. The highest BCUT2D eigenvalue weighted by molar-refractivity contribution is 7.99. The van der Waals surface area contributed by atoms with E-state index in [1.54, 1.807) is 11.3 Å². The maximum Gasteiger partial charge on any atom is 0.230 e. The number of aromatic nitrogens is 3. The zero-order chi connectivity index (χ0) is 18.4. The van der Waals surface area contributed by atoms with Gasteiger partial charge in [-0.1, -0.05) is 55.1 Å². The number of hydrogen-bond donors (Lipinski definition) is 1. The van der Waals surface area contributed by atoms with Gasteiger partial charge in [0, 0.05) is 6.04 Å². The Hall–Kier alpha value is -2.12. The predicted molar refractivity (Wildman–Crippen MR) is 107 cm³/mol. The number of carbonyl (C=O) groups is 1. The minimum absolute atomic E-state index is 0.0243. The third kappa shape index (κ3) is 4.74. The molecule has 26 heavy (non-hydrogen) atoms. The SMILES string of the molecule is CC[C@@H](C)NC(=O)CSc1nnc(-c2cccs2)n1Cc1ccccc1. The lowest BCUT2D eigenvalue weighted by molar-refractivity contribution is -0.119. The van der Waals surface area contributed by atoms with Crippen LogP contribution in [0.4, 0.5) is 0 Å². The fourth-order valence-corrected chi connectivity index (χ4v) is 3.91. The zero-order valence-corrected chi connectivity index (χ0v) is 16.5. The predicted octanol–water partition coefficient (Wildman–Crippen LogP) is 4.06. The van der Waals surface area contributed by atoms with E-state index in [-0.39, 0.29) is 11.9 Å². The minimum atomic E-state index is 0.0243. The van der Waals surface area contributed by atoms with Crippen molar-refractivity contribution in [3.63, 3.8) is 0 Å². The second-order valence-corrected chi connectivity index (χ2v) is 7.91. The molecule has 3 aromatic rings. The van der Waals surface area contributed by atoms with E-state index in [0.29, 0.717) is 12.3 Å². The van der Waals surface area contributed by atoms with Crippen molar-refractivity contribution in [1.82, 2.24) is 20.1 Å². The van der Waals surface area contributed by atoms with Crippen LogP contribution in [0.25, 0.3) is 10.7 Å². The van der Waals surface area contributed by atoms with Crippen LogP contribution in [-0.4, -0.2) is 32.5 Å². The van der Waals surface area contributed by atoms with Crippen LogP contribution in [0.2, 0.25) is 0 Å². The molecule has 1 amide bonds. The van der Waals surface area contributed by atoms with Crippen molar-refractivity contribution in [3.05, 3.63) is 53.4 Å². The molecule has 136 valence electrons. The van der Waals surface area contributed by atoms with E-state index < -0.39 is 0 Å². The first-order valence-corrected chi connectivity index (χ1v) is 10.5. The van der Waals surface area contributed by atoms with Crippen LogP contribution in [0.1, 0.15) is 25.8 Å². The smallest absolute Gasteiger partial charge is 0.230 e. The molecule has 0 aliphatic heterocycles. The number of benzene rings is 1. The van der Waals surface area contributed by atoms with Crippen molar-refractivity contribution in [2.75, 3.05) is 5.75 Å². The molecule has 0 unspecified atom stereocenters. The number of hydrogen-bond acceptors (Lipinski definition) is 5. The first kappa shape index (κ1) is 18.7. The molecule has 0 saturated carbocycles. The van der Waals surface area contributed by atoms with Gasteiger partial charge in [-0.05, 0) is 30.4 Å². The molecule has 0 aliphatic rings. The van der Waals surface area contributed by atoms with Gasteiger partial charge >= 0.3 is 0 Å². The Morgan fingerprint density at radius 3 is 2.73 bits per heavy atom. The minimum Gasteiger partial charge on any atom is -0.353 e. The van der Waals surface area contributed by atoms with E-state index in [9.17, 15) is 4.79 Å². The molecule has 1 N–H and O–H groups in total. The molecule has 0 bridgehead atoms. The first-order valence-electron chi connectivity index (χ1n) is 8.60. The Labute approximate surface area is 161 Å². The average Bonchev–Trinajstić information content (AvgIpc) is 3.30. The van der Waals surface area contributed by atoms with Crippen molar-refractivity contribution in [1.29, 1.82) is 0 Å². The highest BCUT2D eigenvalue weighted by Gasteiger charge is 2.17. The molecule has 0 fully saturated rings. The molecule has 2 heterocycles. The topological polar surface area (TPSA) is 59.8 Å². The zero-order valence-electron chi connectivity index (χ0n) is 14.9. The van der Waals surface area contributed by atoms with Gasteiger partial charge in [-0.3, -0.25) is 9.36 Å². The molecule has 3 rings (SSSR count). The number of thiophene rings is 1. The number of amides is 1. The Balaban J connectivity index is 1.80. The Bertz CT molecular complexity index is 831. The number of thioether (sulfide) groups is 1. The summed E-state index contributed by atoms with van der Waals surface area (Å²) in [6.07, 6.45) is 0.920. The van der Waals surface area contributed by atoms with E-state index in [1.807, 2.05) is 42.6 Å². The molecule has 0 spiro atoms. The van der Waals surface area contributed by atoms with Crippen LogP contribution in [0.3, 0.4) is 0 Å². The maximum atomic E-state index is 12.1. The lowest BCUT2D eigenvalue weighted by Crippen LogP contribution is -2.33. The van der Waals surface area contributed by atoms with Gasteiger partial charge in [-0.25, -0.2) is 0 Å². The van der Waals surface area contributed by atoms with Crippen molar-refractivity contribution in [2.45, 2.75) is 38.0 Å². The normalized spacial score (nSPS) is 12.1. The van der Waals surface area contributed by atoms with E-state index in [1.165, 1.54) is 17.3 Å². The summed E-state index contributed by atoms with van der Waals surface area (Å²) in [5, 5.41) is 14.5. The molecular formula is C19H22N4OS2. The van der Waals surface area contributed by atoms with Crippen LogP contribution in [0, 0.1) is 0 Å². The largest absolute Gasteiger partial charge is 0.353 e. The molecule has 7 heteroatoms. The van der Waals surface area contributed by atoms with Crippen LogP contribution in [0.5, 0.6) is 0 Å². The first-order chi connectivity index (χ1) is 12.7. The van der Waals surface area contributed by atoms with Crippen molar-refractivity contribution >= 4 is 29.0 Å². The van der Waals surface area contributed by atoms with E-state index in [0.717, 1.165) is 22.3 Å². The quantitative estimate of drug-likeness (QED) is 0.593. The second kappa shape index (κ2) is 9.00. The Morgan fingerprint density at radius 1 is 1.23 bits per heavy atom. The molecule has 1 aromatic carbocycles. The van der Waals surface area contributed by atoms with Crippen LogP contribution >= 0.6 is 23.1 Å². The fourth-order valence-electron chi connectivity index (χ4n) is 2.44. The molecule has 0 radical (unpaired) electrons. The number of carbonyl (C=O) groups excluding carboxylic acids is 1. The van der Waals surface area contributed by atoms with Gasteiger partial charge in [0.05, 0.1) is 17.2 Å². The van der Waals surface area contributed by atoms with E-state index in [2.05, 4.69) is 39.1 Å². The lowest BCUT2D eigenvalue weighted by atomic mass is 10.2. The molecule has 2 aromatic heterocycles. The van der Waals surface area contributed by atoms with Gasteiger partial charge in [0.1, 0.15) is 0 Å². The van der Waals surface area contributed by atoms with Gasteiger partial charge in [0.25, 0.3) is 0 Å². The molecule has 5 nitrogen and oxygen atoms in total. The van der Waals surface area contributed by atoms with Crippen LogP contribution in [-0.2, 0) is 11.3 Å². The lowest BCUT2D eigenvalue weighted by Gasteiger charge is -2.12. The van der Waals surface area contributed by atoms with Gasteiger partial charge in [-0.2, -0.15) is 0 Å². The summed E-state index contributed by atoms with van der Waals surface area (Å²) in [5.41, 5.74) is 1.18. The van der Waals surface area contributed by atoms with Crippen molar-refractivity contribution in [3.8, 4) is 10.7 Å². The van der Waals surface area contributed by atoms with Gasteiger partial charge < -0.3 is 5.32 Å². The summed E-state index contributed by atoms with van der Waals surface area (Å²) in [6, 6.07) is 14.5. The van der Waals surface area contributed by atoms with Gasteiger partial charge in [-0.15, -0.1) is 21.5 Å². The third-order valence-electron chi connectivity index (χ3n) is 3.99. The van der Waals surface area contributed by atoms with Crippen LogP contribution in [0.15, 0.2) is 53.0 Å². The Kier molecular flexibility index (Phi) is 6.46. The van der Waals surface area contributed by atoms with Gasteiger partial charge in [0.15, 0.2) is 11.0 Å². The van der Waals surface area contributed by atoms with E-state index >= 15 is 0 Å². The van der Waals surface area contributed by atoms with Crippen LogP contribution < -0.4 is 5.32 Å². The third-order valence-corrected chi connectivity index (χ3v) is 5.83. The summed E-state index contributed by atoms with van der Waals surface area (Å²) in [5.74, 6) is 1.20. The summed E-state index contributed by atoms with van der Waals surface area (Å²) < 4.78 is 2.09. The molecule has 0 saturated heterocycles. The standard InChI is InChI=1S/C19H22N4OS2/c1-3-14(2)20-17(24)13-26-19-22-21-18(16-10-7-11-25-16)23(19)12-15-8-5-4-6-9-15/h4-11,14H,3,12-13H2,1-2H3,(H,20,24)/t14-/m1/s1. The molecular weight excluding hydrogens is 364 g/mol. The highest BCUT2D eigenvalue weighted by atomic mass is 32.2. The number of nitrogens with one attached hydrogen (secondary N) is 1. The molecule has 1 atom stereocenters. The average molecular weight is 387 g/mol. The van der Waals surface area contributed by atoms with Gasteiger partial charge in [0.2, 0.25) is 5.91 Å². The van der Waals surface area contributed by atoms with Crippen molar-refractivity contribution < 1.29 is 4.79 Å². The van der Waals surface area contributed by atoms with Crippen molar-refractivity contribution in [2.24, 2.45) is 0 Å². The summed E-state index contributed by atoms with van der Waals surface area (Å²) in [4.78, 5) is 13.2. The maximum absolute atomic E-state index is 12.1. The summed E-state index contributed by atoms with van der Waals surface area (Å²) in [6.45, 7) is 4.74. The highest BCUT2D eigenvalue weighted by Crippen LogP contribution is 2.28. The molecule has 0 aliphatic carbocycles. The monoisotopic (exact) mass is 386 g/mol. The number of nitrogens with zero attached hydrogens (tertiary/aromatic N) is 3. The fraction of sp³-hybridized carbons (Fsp3) is 0.316. The Morgan fingerprint density at radius 2 is 2.04 bits per heavy atom.